The number of nitrogens with one attached hydrogen (secondary N) is 1. The molecule has 2 aromatic rings. The molecule has 0 unspecified atom stereocenters. The summed E-state index contributed by atoms with van der Waals surface area (Å²) in [5.74, 6) is -0.744. The number of carbonyl (C=O) groups is 1. The minimum Gasteiger partial charge on any atom is -0.502 e. The van der Waals surface area contributed by atoms with Crippen LogP contribution in [0.4, 0.5) is 10.1 Å². The lowest BCUT2D eigenvalue weighted by atomic mass is 9.94. The van der Waals surface area contributed by atoms with Crippen molar-refractivity contribution in [1.82, 2.24) is 5.32 Å². The normalized spacial score (nSPS) is 16.2. The van der Waals surface area contributed by atoms with E-state index in [9.17, 15) is 14.3 Å². The number of phenolic OH excluding ortho intramolecular Hbond substituents is 1. The van der Waals surface area contributed by atoms with Gasteiger partial charge >= 0.3 is 5.97 Å². The Balaban J connectivity index is 2.18. The molecule has 3 rings (SSSR count). The third kappa shape index (κ3) is 3.76. The fourth-order valence-electron chi connectivity index (χ4n) is 3.35. The number of phenols is 1. The summed E-state index contributed by atoms with van der Waals surface area (Å²) in [5.41, 5.74) is 1.98. The summed E-state index contributed by atoms with van der Waals surface area (Å²) in [4.78, 5) is 14.3. The van der Waals surface area contributed by atoms with Crippen molar-refractivity contribution in [3.8, 4) is 17.2 Å². The number of anilines is 1. The molecule has 0 aliphatic carbocycles. The van der Waals surface area contributed by atoms with Gasteiger partial charge in [-0.25, -0.2) is 9.18 Å². The second-order valence-electron chi connectivity index (χ2n) is 6.46. The summed E-state index contributed by atoms with van der Waals surface area (Å²) in [6, 6.07) is 8.23. The van der Waals surface area contributed by atoms with Crippen LogP contribution in [-0.2, 0) is 9.53 Å². The van der Waals surface area contributed by atoms with E-state index < -0.39 is 12.0 Å². The molecule has 158 valence electrons. The first-order chi connectivity index (χ1) is 14.3. The smallest absolute Gasteiger partial charge is 0.337 e. The molecule has 2 aromatic carbocycles. The summed E-state index contributed by atoms with van der Waals surface area (Å²) < 4.78 is 28.8. The zero-order chi connectivity index (χ0) is 22.0. The van der Waals surface area contributed by atoms with E-state index in [2.05, 4.69) is 5.32 Å². The maximum absolute atomic E-state index is 13.4. The maximum Gasteiger partial charge on any atom is 0.337 e. The predicted molar refractivity (Wildman–Crippen MR) is 113 cm³/mol. The Kier molecular flexibility index (Phi) is 6.12. The average Bonchev–Trinajstić information content (AvgIpc) is 2.74. The van der Waals surface area contributed by atoms with Crippen LogP contribution in [0.25, 0.3) is 0 Å². The summed E-state index contributed by atoms with van der Waals surface area (Å²) in [5, 5.41) is 13.6. The lowest BCUT2D eigenvalue weighted by Crippen LogP contribution is -2.48. The second kappa shape index (κ2) is 8.58. The van der Waals surface area contributed by atoms with Gasteiger partial charge in [0, 0.05) is 11.4 Å². The van der Waals surface area contributed by atoms with Crippen molar-refractivity contribution >= 4 is 29.0 Å². The Bertz CT molecular complexity index is 998. The molecule has 1 aliphatic rings. The van der Waals surface area contributed by atoms with E-state index in [-0.39, 0.29) is 23.1 Å². The molecule has 0 spiro atoms. The first kappa shape index (κ1) is 21.4. The van der Waals surface area contributed by atoms with E-state index in [4.69, 9.17) is 26.4 Å². The first-order valence-electron chi connectivity index (χ1n) is 8.92. The number of esters is 1. The molecule has 0 bridgehead atoms. The SMILES string of the molecule is COC(=O)C1=C(C)N(c2ccc(F)cc2)C(=S)N[C@H]1c1cc(OC)c(O)c(OC)c1. The van der Waals surface area contributed by atoms with Crippen molar-refractivity contribution in [2.75, 3.05) is 26.2 Å². The largest absolute Gasteiger partial charge is 0.502 e. The van der Waals surface area contributed by atoms with Crippen LogP contribution in [0.2, 0.25) is 0 Å². The monoisotopic (exact) mass is 432 g/mol. The van der Waals surface area contributed by atoms with Crippen molar-refractivity contribution in [3.63, 3.8) is 0 Å². The highest BCUT2D eigenvalue weighted by Gasteiger charge is 2.36. The van der Waals surface area contributed by atoms with E-state index in [0.29, 0.717) is 27.6 Å². The number of methoxy groups -OCH3 is 3. The zero-order valence-corrected chi connectivity index (χ0v) is 17.7. The Morgan fingerprint density at radius 2 is 1.70 bits per heavy atom. The van der Waals surface area contributed by atoms with Crippen LogP contribution in [0.5, 0.6) is 17.2 Å². The molecular weight excluding hydrogens is 411 g/mol. The van der Waals surface area contributed by atoms with Crippen molar-refractivity contribution in [1.29, 1.82) is 0 Å². The van der Waals surface area contributed by atoms with Gasteiger partial charge in [-0.05, 0) is 61.1 Å². The minimum atomic E-state index is -0.690. The molecule has 2 N–H and O–H groups in total. The number of thiocarbonyl (C=S) groups is 1. The number of benzene rings is 2. The fourth-order valence-corrected chi connectivity index (χ4v) is 3.71. The van der Waals surface area contributed by atoms with Crippen LogP contribution < -0.4 is 19.7 Å². The van der Waals surface area contributed by atoms with Gasteiger partial charge < -0.3 is 24.6 Å². The number of rotatable bonds is 5. The number of hydrogen-bond acceptors (Lipinski definition) is 6. The Morgan fingerprint density at radius 1 is 1.13 bits per heavy atom. The van der Waals surface area contributed by atoms with Gasteiger partial charge in [0.2, 0.25) is 5.75 Å². The van der Waals surface area contributed by atoms with E-state index in [1.807, 2.05) is 0 Å². The molecule has 0 saturated heterocycles. The lowest BCUT2D eigenvalue weighted by Gasteiger charge is -2.37. The quantitative estimate of drug-likeness (QED) is 0.550. The molecule has 1 aliphatic heterocycles. The van der Waals surface area contributed by atoms with Gasteiger partial charge in [-0.2, -0.15) is 0 Å². The van der Waals surface area contributed by atoms with Crippen LogP contribution in [0.3, 0.4) is 0 Å². The molecule has 1 atom stereocenters. The van der Waals surface area contributed by atoms with Gasteiger partial charge in [0.1, 0.15) is 5.82 Å². The number of halogens is 1. The van der Waals surface area contributed by atoms with E-state index in [1.54, 1.807) is 36.1 Å². The summed E-state index contributed by atoms with van der Waals surface area (Å²) in [6.07, 6.45) is 0. The Morgan fingerprint density at radius 3 is 2.20 bits per heavy atom. The van der Waals surface area contributed by atoms with Gasteiger partial charge in [0.15, 0.2) is 16.6 Å². The molecular formula is C21H21FN2O5S. The number of hydrogen-bond donors (Lipinski definition) is 2. The van der Waals surface area contributed by atoms with Gasteiger partial charge in [-0.1, -0.05) is 0 Å². The summed E-state index contributed by atoms with van der Waals surface area (Å²) >= 11 is 5.54. The fraction of sp³-hybridized carbons (Fsp3) is 0.238. The standard InChI is InChI=1S/C21H21FN2O5S/c1-11-17(20(26)29-4)18(12-9-15(27-2)19(25)16(10-12)28-3)23-21(30)24(11)14-7-5-13(22)6-8-14/h5-10,18,25H,1-4H3,(H,23,30)/t18-/m0/s1. The van der Waals surface area contributed by atoms with Crippen LogP contribution in [0, 0.1) is 5.82 Å². The van der Waals surface area contributed by atoms with E-state index >= 15 is 0 Å². The summed E-state index contributed by atoms with van der Waals surface area (Å²) in [6.45, 7) is 1.73. The average molecular weight is 432 g/mol. The topological polar surface area (TPSA) is 80.3 Å². The van der Waals surface area contributed by atoms with Crippen molar-refractivity contribution in [2.45, 2.75) is 13.0 Å². The van der Waals surface area contributed by atoms with Crippen LogP contribution in [0.1, 0.15) is 18.5 Å². The highest BCUT2D eigenvalue weighted by molar-refractivity contribution is 7.80. The zero-order valence-electron chi connectivity index (χ0n) is 16.9. The van der Waals surface area contributed by atoms with Gasteiger partial charge in [-0.3, -0.25) is 4.90 Å². The number of carbonyl (C=O) groups excluding carboxylic acids is 1. The number of nitrogens with zero attached hydrogens (tertiary/aromatic N) is 1. The maximum atomic E-state index is 13.4. The molecule has 0 aromatic heterocycles. The number of ether oxygens (including phenoxy) is 3. The minimum absolute atomic E-state index is 0.157. The van der Waals surface area contributed by atoms with Gasteiger partial charge in [0.05, 0.1) is 32.9 Å². The van der Waals surface area contributed by atoms with Crippen LogP contribution in [0.15, 0.2) is 47.7 Å². The predicted octanol–water partition coefficient (Wildman–Crippen LogP) is 3.43. The highest BCUT2D eigenvalue weighted by atomic mass is 32.1. The Hall–Kier alpha value is -3.33. The molecule has 0 saturated carbocycles. The molecule has 30 heavy (non-hydrogen) atoms. The third-order valence-corrected chi connectivity index (χ3v) is 5.11. The van der Waals surface area contributed by atoms with Crippen LogP contribution in [-0.4, -0.2) is 37.5 Å². The van der Waals surface area contributed by atoms with E-state index in [1.165, 1.54) is 33.5 Å². The van der Waals surface area contributed by atoms with Crippen LogP contribution >= 0.6 is 12.2 Å². The summed E-state index contributed by atoms with van der Waals surface area (Å²) in [7, 11) is 4.11. The first-order valence-corrected chi connectivity index (χ1v) is 9.33. The van der Waals surface area contributed by atoms with Crippen molar-refractivity contribution in [2.24, 2.45) is 0 Å². The van der Waals surface area contributed by atoms with Crippen molar-refractivity contribution in [3.05, 3.63) is 59.0 Å². The Labute approximate surface area is 178 Å². The lowest BCUT2D eigenvalue weighted by molar-refractivity contribution is -0.136. The molecule has 7 nitrogen and oxygen atoms in total. The molecule has 1 heterocycles. The molecule has 0 amide bonds. The molecule has 0 fully saturated rings. The number of aromatic hydroxyl groups is 1. The van der Waals surface area contributed by atoms with Crippen molar-refractivity contribution < 1.29 is 28.5 Å². The molecule has 0 radical (unpaired) electrons. The van der Waals surface area contributed by atoms with Gasteiger partial charge in [-0.15, -0.1) is 0 Å². The van der Waals surface area contributed by atoms with E-state index in [0.717, 1.165) is 0 Å². The van der Waals surface area contributed by atoms with Gasteiger partial charge in [0.25, 0.3) is 0 Å². The highest BCUT2D eigenvalue weighted by Crippen LogP contribution is 2.42. The second-order valence-corrected chi connectivity index (χ2v) is 6.85. The number of allylic oxidation sites excluding steroid dienone is 1. The third-order valence-electron chi connectivity index (χ3n) is 4.81. The molecule has 9 heteroatoms.